The summed E-state index contributed by atoms with van der Waals surface area (Å²) in [5.74, 6) is 1.20. The highest BCUT2D eigenvalue weighted by molar-refractivity contribution is 6.06. The van der Waals surface area contributed by atoms with Gasteiger partial charge in [-0.3, -0.25) is 9.59 Å². The molecule has 0 atom stereocenters. The summed E-state index contributed by atoms with van der Waals surface area (Å²) >= 11 is 0. The number of nitrogens with one attached hydrogen (secondary N) is 2. The van der Waals surface area contributed by atoms with Crippen LogP contribution in [-0.4, -0.2) is 59.5 Å². The van der Waals surface area contributed by atoms with Crippen molar-refractivity contribution in [3.8, 4) is 34.5 Å². The number of carbonyl (C=O) groups excluding carboxylic acids is 2. The molecule has 0 unspecified atom stereocenters. The first-order chi connectivity index (χ1) is 17.4. The van der Waals surface area contributed by atoms with Gasteiger partial charge in [0.2, 0.25) is 11.5 Å². The summed E-state index contributed by atoms with van der Waals surface area (Å²) in [6, 6.07) is 10.9. The van der Waals surface area contributed by atoms with Gasteiger partial charge in [0.15, 0.2) is 23.0 Å². The standard InChI is InChI=1S/C25H27N3O8/c1-31-18-10-14(11-19(32-2)22(18)35-5)26-24(29)16-8-7-9-17(28-16)25(30)27-15-12-20(33-3)23(36-6)21(13-15)34-4/h7-13H,1-6H3,(H,26,29)(H,27,30). The van der Waals surface area contributed by atoms with E-state index < -0.39 is 11.8 Å². The molecule has 0 spiro atoms. The number of nitrogens with zero attached hydrogens (tertiary/aromatic N) is 1. The smallest absolute Gasteiger partial charge is 0.274 e. The molecule has 36 heavy (non-hydrogen) atoms. The molecule has 0 aliphatic carbocycles. The average molecular weight is 498 g/mol. The predicted molar refractivity (Wildman–Crippen MR) is 132 cm³/mol. The number of hydrogen-bond acceptors (Lipinski definition) is 9. The van der Waals surface area contributed by atoms with Gasteiger partial charge >= 0.3 is 0 Å². The molecule has 0 aliphatic rings. The van der Waals surface area contributed by atoms with Crippen LogP contribution in [0.4, 0.5) is 11.4 Å². The molecule has 1 heterocycles. The number of hydrogen-bond donors (Lipinski definition) is 2. The Hall–Kier alpha value is -4.67. The number of anilines is 2. The first kappa shape index (κ1) is 25.9. The first-order valence-electron chi connectivity index (χ1n) is 10.6. The molecule has 2 N–H and O–H groups in total. The number of benzene rings is 2. The lowest BCUT2D eigenvalue weighted by molar-refractivity contribution is 0.101. The van der Waals surface area contributed by atoms with Crippen molar-refractivity contribution >= 4 is 23.2 Å². The number of amides is 2. The van der Waals surface area contributed by atoms with Crippen molar-refractivity contribution in [3.63, 3.8) is 0 Å². The molecule has 0 bridgehead atoms. The van der Waals surface area contributed by atoms with Gasteiger partial charge in [0.25, 0.3) is 11.8 Å². The number of pyridine rings is 1. The second-order valence-corrected chi connectivity index (χ2v) is 7.14. The average Bonchev–Trinajstić information content (AvgIpc) is 2.91. The van der Waals surface area contributed by atoms with Gasteiger partial charge < -0.3 is 39.1 Å². The monoisotopic (exact) mass is 497 g/mol. The second kappa shape index (κ2) is 11.6. The molecule has 0 fully saturated rings. The molecule has 11 nitrogen and oxygen atoms in total. The van der Waals surface area contributed by atoms with E-state index in [1.54, 1.807) is 30.3 Å². The fourth-order valence-electron chi connectivity index (χ4n) is 3.38. The number of rotatable bonds is 10. The summed E-state index contributed by atoms with van der Waals surface area (Å²) in [7, 11) is 8.86. The van der Waals surface area contributed by atoms with Crippen LogP contribution >= 0.6 is 0 Å². The van der Waals surface area contributed by atoms with Crippen molar-refractivity contribution in [2.75, 3.05) is 53.3 Å². The minimum absolute atomic E-state index is 0.0290. The highest BCUT2D eigenvalue weighted by Crippen LogP contribution is 2.41. The molecule has 3 rings (SSSR count). The van der Waals surface area contributed by atoms with Crippen molar-refractivity contribution in [1.29, 1.82) is 0 Å². The number of aromatic nitrogens is 1. The SMILES string of the molecule is COc1cc(NC(=O)c2cccc(C(=O)Nc3cc(OC)c(OC)c(OC)c3)n2)cc(OC)c1OC. The van der Waals surface area contributed by atoms with E-state index in [1.165, 1.54) is 54.8 Å². The molecule has 2 amide bonds. The van der Waals surface area contributed by atoms with Gasteiger partial charge in [-0.25, -0.2) is 4.98 Å². The molecule has 1 aromatic heterocycles. The number of methoxy groups -OCH3 is 6. The van der Waals surface area contributed by atoms with Crippen molar-refractivity contribution in [2.45, 2.75) is 0 Å². The van der Waals surface area contributed by atoms with E-state index in [9.17, 15) is 9.59 Å². The van der Waals surface area contributed by atoms with Crippen LogP contribution in [0.2, 0.25) is 0 Å². The van der Waals surface area contributed by atoms with E-state index in [-0.39, 0.29) is 11.4 Å². The Labute approximate surface area is 208 Å². The van der Waals surface area contributed by atoms with Gasteiger partial charge in [0, 0.05) is 35.6 Å². The fourth-order valence-corrected chi connectivity index (χ4v) is 3.38. The van der Waals surface area contributed by atoms with E-state index in [1.807, 2.05) is 0 Å². The molecule has 0 saturated carbocycles. The Morgan fingerprint density at radius 1 is 0.583 bits per heavy atom. The fraction of sp³-hybridized carbons (Fsp3) is 0.240. The van der Waals surface area contributed by atoms with Crippen LogP contribution in [-0.2, 0) is 0 Å². The summed E-state index contributed by atoms with van der Waals surface area (Å²) in [5.41, 5.74) is 0.842. The lowest BCUT2D eigenvalue weighted by Gasteiger charge is -2.15. The summed E-state index contributed by atoms with van der Waals surface area (Å²) < 4.78 is 31.8. The van der Waals surface area contributed by atoms with E-state index >= 15 is 0 Å². The Morgan fingerprint density at radius 2 is 0.917 bits per heavy atom. The molecule has 2 aromatic carbocycles. The summed E-state index contributed by atoms with van der Waals surface area (Å²) in [4.78, 5) is 30.0. The van der Waals surface area contributed by atoms with E-state index in [0.717, 1.165) is 0 Å². The maximum Gasteiger partial charge on any atom is 0.274 e. The van der Waals surface area contributed by atoms with Crippen molar-refractivity contribution in [2.24, 2.45) is 0 Å². The van der Waals surface area contributed by atoms with E-state index in [0.29, 0.717) is 45.9 Å². The van der Waals surface area contributed by atoms with E-state index in [2.05, 4.69) is 15.6 Å². The summed E-state index contributed by atoms with van der Waals surface area (Å²) in [6.07, 6.45) is 0. The van der Waals surface area contributed by atoms with Gasteiger partial charge in [-0.2, -0.15) is 0 Å². The van der Waals surface area contributed by atoms with Gasteiger partial charge in [-0.15, -0.1) is 0 Å². The van der Waals surface area contributed by atoms with Crippen molar-refractivity contribution in [1.82, 2.24) is 4.98 Å². The van der Waals surface area contributed by atoms with Gasteiger partial charge in [0.05, 0.1) is 42.7 Å². The van der Waals surface area contributed by atoms with Gasteiger partial charge in [0.1, 0.15) is 11.4 Å². The zero-order valence-corrected chi connectivity index (χ0v) is 20.8. The topological polar surface area (TPSA) is 126 Å². The Bertz CT molecular complexity index is 1120. The third-order valence-corrected chi connectivity index (χ3v) is 5.06. The number of ether oxygens (including phenoxy) is 6. The highest BCUT2D eigenvalue weighted by Gasteiger charge is 2.18. The van der Waals surface area contributed by atoms with Crippen LogP contribution in [0.3, 0.4) is 0 Å². The van der Waals surface area contributed by atoms with Crippen LogP contribution in [0, 0.1) is 0 Å². The maximum absolute atomic E-state index is 12.9. The summed E-state index contributed by atoms with van der Waals surface area (Å²) in [5, 5.41) is 5.44. The third-order valence-electron chi connectivity index (χ3n) is 5.06. The lowest BCUT2D eigenvalue weighted by atomic mass is 10.2. The zero-order chi connectivity index (χ0) is 26.2. The molecule has 190 valence electrons. The van der Waals surface area contributed by atoms with Crippen molar-refractivity contribution in [3.05, 3.63) is 53.9 Å². The molecule has 0 aliphatic heterocycles. The molecule has 11 heteroatoms. The van der Waals surface area contributed by atoms with Crippen LogP contribution in [0.25, 0.3) is 0 Å². The minimum atomic E-state index is -0.535. The zero-order valence-electron chi connectivity index (χ0n) is 20.8. The second-order valence-electron chi connectivity index (χ2n) is 7.14. The van der Waals surface area contributed by atoms with Crippen LogP contribution < -0.4 is 39.1 Å². The first-order valence-corrected chi connectivity index (χ1v) is 10.6. The van der Waals surface area contributed by atoms with Crippen molar-refractivity contribution < 1.29 is 38.0 Å². The Balaban J connectivity index is 1.82. The van der Waals surface area contributed by atoms with Crippen LogP contribution in [0.1, 0.15) is 21.0 Å². The summed E-state index contributed by atoms with van der Waals surface area (Å²) in [6.45, 7) is 0. The van der Waals surface area contributed by atoms with Crippen LogP contribution in [0.15, 0.2) is 42.5 Å². The molecule has 0 radical (unpaired) electrons. The Morgan fingerprint density at radius 3 is 1.19 bits per heavy atom. The third kappa shape index (κ3) is 5.52. The Kier molecular flexibility index (Phi) is 8.39. The normalized spacial score (nSPS) is 10.2. The van der Waals surface area contributed by atoms with E-state index in [4.69, 9.17) is 28.4 Å². The number of carbonyl (C=O) groups is 2. The largest absolute Gasteiger partial charge is 0.493 e. The quantitative estimate of drug-likeness (QED) is 0.432. The maximum atomic E-state index is 12.9. The van der Waals surface area contributed by atoms with Gasteiger partial charge in [-0.1, -0.05) is 6.07 Å². The predicted octanol–water partition coefficient (Wildman–Crippen LogP) is 3.64. The molecular weight excluding hydrogens is 470 g/mol. The highest BCUT2D eigenvalue weighted by atomic mass is 16.5. The lowest BCUT2D eigenvalue weighted by Crippen LogP contribution is -2.18. The molecule has 3 aromatic rings. The minimum Gasteiger partial charge on any atom is -0.493 e. The molecule has 0 saturated heterocycles. The molecular formula is C25H27N3O8. The van der Waals surface area contributed by atoms with Gasteiger partial charge in [-0.05, 0) is 12.1 Å². The van der Waals surface area contributed by atoms with Crippen LogP contribution in [0.5, 0.6) is 34.5 Å².